The van der Waals surface area contributed by atoms with Gasteiger partial charge in [-0.15, -0.1) is 0 Å². The molecule has 4 rings (SSSR count). The van der Waals surface area contributed by atoms with Crippen molar-refractivity contribution in [3.63, 3.8) is 0 Å². The van der Waals surface area contributed by atoms with Gasteiger partial charge < -0.3 is 9.47 Å². The molecule has 0 radical (unpaired) electrons. The minimum atomic E-state index is 0.00738. The van der Waals surface area contributed by atoms with Crippen molar-refractivity contribution in [2.75, 3.05) is 13.1 Å². The number of pyridine rings is 1. The van der Waals surface area contributed by atoms with Gasteiger partial charge in [-0.2, -0.15) is 5.10 Å². The summed E-state index contributed by atoms with van der Waals surface area (Å²) in [7, 11) is 0. The molecule has 1 aliphatic rings. The van der Waals surface area contributed by atoms with E-state index in [2.05, 4.69) is 33.6 Å². The molecule has 2 aromatic heterocycles. The van der Waals surface area contributed by atoms with E-state index in [-0.39, 0.29) is 11.9 Å². The minimum Gasteiger partial charge on any atom is -0.337 e. The van der Waals surface area contributed by atoms with E-state index in [1.165, 1.54) is 0 Å². The van der Waals surface area contributed by atoms with Crippen molar-refractivity contribution in [3.05, 3.63) is 52.8 Å². The Labute approximate surface area is 163 Å². The number of nitrogens with zero attached hydrogens (tertiary/aromatic N) is 4. The van der Waals surface area contributed by atoms with Crippen LogP contribution in [-0.2, 0) is 0 Å². The number of benzene rings is 1. The third-order valence-corrected chi connectivity index (χ3v) is 5.56. The number of aromatic amines is 1. The van der Waals surface area contributed by atoms with Crippen molar-refractivity contribution in [1.29, 1.82) is 0 Å². The lowest BCUT2D eigenvalue weighted by atomic mass is 9.95. The van der Waals surface area contributed by atoms with E-state index in [9.17, 15) is 4.79 Å². The Kier molecular flexibility index (Phi) is 4.78. The van der Waals surface area contributed by atoms with Crippen molar-refractivity contribution in [1.82, 2.24) is 24.6 Å². The van der Waals surface area contributed by atoms with E-state index in [0.717, 1.165) is 29.4 Å². The molecule has 0 spiro atoms. The number of fused-ring (bicyclic) bond motifs is 1. The highest BCUT2D eigenvalue weighted by atomic mass is 32.1. The molecular weight excluding hydrogens is 358 g/mol. The summed E-state index contributed by atoms with van der Waals surface area (Å²) in [5.41, 5.74) is 0.538. The number of H-pyrrole nitrogens is 1. The number of amides is 1. The molecule has 1 aliphatic heterocycles. The highest BCUT2D eigenvalue weighted by molar-refractivity contribution is 7.71. The molecule has 0 bridgehead atoms. The molecule has 0 unspecified atom stereocenters. The molecule has 1 saturated heterocycles. The van der Waals surface area contributed by atoms with Gasteiger partial charge in [-0.05, 0) is 50.4 Å². The zero-order chi connectivity index (χ0) is 19.0. The van der Waals surface area contributed by atoms with E-state index in [1.807, 2.05) is 35.2 Å². The van der Waals surface area contributed by atoms with Crippen LogP contribution in [0.4, 0.5) is 0 Å². The Morgan fingerprint density at radius 2 is 1.96 bits per heavy atom. The van der Waals surface area contributed by atoms with Crippen LogP contribution < -0.4 is 0 Å². The van der Waals surface area contributed by atoms with Crippen LogP contribution in [0.3, 0.4) is 0 Å². The average molecular weight is 382 g/mol. The first-order chi connectivity index (χ1) is 13.1. The maximum atomic E-state index is 13.1. The van der Waals surface area contributed by atoms with Gasteiger partial charge in [-0.1, -0.05) is 24.3 Å². The SMILES string of the molecule is CC(C)n1c(C2CCN(C(=O)c3nccc4ccccc34)CC2)n[nH]c1=S. The van der Waals surface area contributed by atoms with Gasteiger partial charge in [0.25, 0.3) is 5.91 Å². The third-order valence-electron chi connectivity index (χ3n) is 5.27. The van der Waals surface area contributed by atoms with Crippen LogP contribution in [0.2, 0.25) is 0 Å². The molecule has 6 nitrogen and oxygen atoms in total. The quantitative estimate of drug-likeness (QED) is 0.694. The van der Waals surface area contributed by atoms with Gasteiger partial charge in [0.05, 0.1) is 0 Å². The summed E-state index contributed by atoms with van der Waals surface area (Å²) in [5, 5.41) is 9.33. The highest BCUT2D eigenvalue weighted by Crippen LogP contribution is 2.29. The highest BCUT2D eigenvalue weighted by Gasteiger charge is 2.29. The first kappa shape index (κ1) is 17.9. The van der Waals surface area contributed by atoms with Crippen LogP contribution in [0.1, 0.15) is 55.0 Å². The Balaban J connectivity index is 1.53. The molecule has 1 N–H and O–H groups in total. The van der Waals surface area contributed by atoms with Gasteiger partial charge in [-0.25, -0.2) is 0 Å². The van der Waals surface area contributed by atoms with Gasteiger partial charge in [0.15, 0.2) is 4.77 Å². The van der Waals surface area contributed by atoms with Gasteiger partial charge in [0, 0.05) is 36.6 Å². The monoisotopic (exact) mass is 381 g/mol. The molecule has 27 heavy (non-hydrogen) atoms. The Morgan fingerprint density at radius 3 is 2.70 bits per heavy atom. The zero-order valence-electron chi connectivity index (χ0n) is 15.6. The van der Waals surface area contributed by atoms with E-state index >= 15 is 0 Å². The molecule has 0 aliphatic carbocycles. The van der Waals surface area contributed by atoms with Crippen molar-refractivity contribution in [2.24, 2.45) is 0 Å². The van der Waals surface area contributed by atoms with Crippen LogP contribution in [-0.4, -0.2) is 43.6 Å². The van der Waals surface area contributed by atoms with Crippen LogP contribution in [0.5, 0.6) is 0 Å². The fourth-order valence-corrected chi connectivity index (χ4v) is 4.23. The number of hydrogen-bond donors (Lipinski definition) is 1. The number of likely N-dealkylation sites (tertiary alicyclic amines) is 1. The second kappa shape index (κ2) is 7.23. The normalized spacial score (nSPS) is 15.6. The summed E-state index contributed by atoms with van der Waals surface area (Å²) < 4.78 is 2.75. The van der Waals surface area contributed by atoms with Crippen molar-refractivity contribution >= 4 is 28.9 Å². The predicted molar refractivity (Wildman–Crippen MR) is 107 cm³/mol. The third kappa shape index (κ3) is 3.27. The summed E-state index contributed by atoms with van der Waals surface area (Å²) in [4.78, 5) is 19.3. The van der Waals surface area contributed by atoms with Gasteiger partial charge >= 0.3 is 0 Å². The van der Waals surface area contributed by atoms with Gasteiger partial charge in [0.2, 0.25) is 0 Å². The molecule has 1 fully saturated rings. The fourth-order valence-electron chi connectivity index (χ4n) is 3.88. The molecule has 1 aromatic carbocycles. The second-order valence-electron chi connectivity index (χ2n) is 7.30. The molecule has 0 saturated carbocycles. The molecular formula is C20H23N5OS. The lowest BCUT2D eigenvalue weighted by Crippen LogP contribution is -2.39. The van der Waals surface area contributed by atoms with E-state index in [0.29, 0.717) is 29.5 Å². The number of carbonyl (C=O) groups excluding carboxylic acids is 1. The molecule has 1 amide bonds. The lowest BCUT2D eigenvalue weighted by Gasteiger charge is -2.32. The number of piperidine rings is 1. The standard InChI is InChI=1S/C20H23N5OS/c1-13(2)25-18(22-23-20(25)27)15-8-11-24(12-9-15)19(26)17-16-6-4-3-5-14(16)7-10-21-17/h3-7,10,13,15H,8-9,11-12H2,1-2H3,(H,23,27). The fraction of sp³-hybridized carbons (Fsp3) is 0.400. The van der Waals surface area contributed by atoms with Crippen molar-refractivity contribution in [3.8, 4) is 0 Å². The van der Waals surface area contributed by atoms with E-state index in [1.54, 1.807) is 6.20 Å². The Bertz CT molecular complexity index is 1020. The Hall–Kier alpha value is -2.54. The first-order valence-corrected chi connectivity index (χ1v) is 9.77. The number of rotatable bonds is 3. The summed E-state index contributed by atoms with van der Waals surface area (Å²) in [6, 6.07) is 10.1. The molecule has 140 valence electrons. The number of nitrogens with one attached hydrogen (secondary N) is 1. The Morgan fingerprint density at radius 1 is 1.22 bits per heavy atom. The molecule has 3 aromatic rings. The zero-order valence-corrected chi connectivity index (χ0v) is 16.4. The summed E-state index contributed by atoms with van der Waals surface area (Å²) in [6.45, 7) is 5.62. The number of aromatic nitrogens is 4. The van der Waals surface area contributed by atoms with Crippen LogP contribution in [0.15, 0.2) is 36.5 Å². The largest absolute Gasteiger partial charge is 0.337 e. The van der Waals surface area contributed by atoms with Gasteiger partial charge in [0.1, 0.15) is 11.5 Å². The molecule has 7 heteroatoms. The topological polar surface area (TPSA) is 66.8 Å². The van der Waals surface area contributed by atoms with Crippen LogP contribution in [0, 0.1) is 4.77 Å². The lowest BCUT2D eigenvalue weighted by molar-refractivity contribution is 0.0706. The summed E-state index contributed by atoms with van der Waals surface area (Å²) >= 11 is 5.36. The maximum Gasteiger partial charge on any atom is 0.273 e. The van der Waals surface area contributed by atoms with E-state index in [4.69, 9.17) is 12.2 Å². The number of hydrogen-bond acceptors (Lipinski definition) is 4. The smallest absolute Gasteiger partial charge is 0.273 e. The second-order valence-corrected chi connectivity index (χ2v) is 7.68. The molecule has 3 heterocycles. The maximum absolute atomic E-state index is 13.1. The number of carbonyl (C=O) groups is 1. The van der Waals surface area contributed by atoms with Gasteiger partial charge in [-0.3, -0.25) is 14.9 Å². The van der Waals surface area contributed by atoms with E-state index < -0.39 is 0 Å². The average Bonchev–Trinajstić information content (AvgIpc) is 3.09. The summed E-state index contributed by atoms with van der Waals surface area (Å²) in [6.07, 6.45) is 3.47. The first-order valence-electron chi connectivity index (χ1n) is 9.36. The van der Waals surface area contributed by atoms with Crippen LogP contribution >= 0.6 is 12.2 Å². The predicted octanol–water partition coefficient (Wildman–Crippen LogP) is 4.09. The van der Waals surface area contributed by atoms with Crippen molar-refractivity contribution < 1.29 is 4.79 Å². The summed E-state index contributed by atoms with van der Waals surface area (Å²) in [5.74, 6) is 1.32. The minimum absolute atomic E-state index is 0.00738. The van der Waals surface area contributed by atoms with Crippen LogP contribution in [0.25, 0.3) is 10.8 Å². The van der Waals surface area contributed by atoms with Crippen molar-refractivity contribution in [2.45, 2.75) is 38.6 Å². The molecule has 0 atom stereocenters.